The summed E-state index contributed by atoms with van der Waals surface area (Å²) in [5.74, 6) is -0.257. The Morgan fingerprint density at radius 3 is 2.59 bits per heavy atom. The monoisotopic (exact) mass is 294 g/mol. The Kier molecular flexibility index (Phi) is 3.83. The van der Waals surface area contributed by atoms with Crippen molar-refractivity contribution < 1.29 is 9.18 Å². The summed E-state index contributed by atoms with van der Waals surface area (Å²) in [6.07, 6.45) is 3.99. The van der Waals surface area contributed by atoms with Gasteiger partial charge in [-0.2, -0.15) is 0 Å². The third kappa shape index (κ3) is 2.55. The van der Waals surface area contributed by atoms with E-state index < -0.39 is 0 Å². The van der Waals surface area contributed by atoms with Gasteiger partial charge < -0.3 is 4.57 Å². The van der Waals surface area contributed by atoms with Crippen LogP contribution in [0.2, 0.25) is 0 Å². The first kappa shape index (κ1) is 14.2. The largest absolute Gasteiger partial charge is 0.321 e. The maximum atomic E-state index is 13.1. The summed E-state index contributed by atoms with van der Waals surface area (Å²) < 4.78 is 15.0. The number of nitrogens with zero attached hydrogens (tertiary/aromatic N) is 2. The summed E-state index contributed by atoms with van der Waals surface area (Å²) in [6, 6.07) is 14.3. The van der Waals surface area contributed by atoms with Crippen LogP contribution in [0.4, 0.5) is 4.39 Å². The summed E-state index contributed by atoms with van der Waals surface area (Å²) in [4.78, 5) is 15.1. The zero-order chi connectivity index (χ0) is 15.5. The van der Waals surface area contributed by atoms with Gasteiger partial charge in [0.1, 0.15) is 11.5 Å². The van der Waals surface area contributed by atoms with Gasteiger partial charge >= 0.3 is 0 Å². The second kappa shape index (κ2) is 5.93. The van der Waals surface area contributed by atoms with Crippen molar-refractivity contribution in [3.63, 3.8) is 0 Å². The SMILES string of the molecule is CC(c1ccccc1-c1ccc(F)cc1)n1cncc1C=O. The summed E-state index contributed by atoms with van der Waals surface area (Å²) in [5, 5.41) is 0. The molecule has 3 nitrogen and oxygen atoms in total. The topological polar surface area (TPSA) is 34.9 Å². The molecule has 0 radical (unpaired) electrons. The molecule has 0 saturated heterocycles. The van der Waals surface area contributed by atoms with Crippen LogP contribution in [-0.4, -0.2) is 15.8 Å². The van der Waals surface area contributed by atoms with E-state index in [4.69, 9.17) is 0 Å². The third-order valence-corrected chi connectivity index (χ3v) is 3.80. The van der Waals surface area contributed by atoms with Crippen LogP contribution in [0.15, 0.2) is 61.1 Å². The van der Waals surface area contributed by atoms with Crippen LogP contribution in [0.1, 0.15) is 29.0 Å². The zero-order valence-corrected chi connectivity index (χ0v) is 12.1. The molecule has 0 saturated carbocycles. The van der Waals surface area contributed by atoms with E-state index in [1.165, 1.54) is 12.1 Å². The van der Waals surface area contributed by atoms with Crippen molar-refractivity contribution in [2.75, 3.05) is 0 Å². The normalized spacial score (nSPS) is 12.1. The number of rotatable bonds is 4. The number of aromatic nitrogens is 2. The number of benzene rings is 2. The van der Waals surface area contributed by atoms with Gasteiger partial charge in [0.2, 0.25) is 0 Å². The minimum Gasteiger partial charge on any atom is -0.321 e. The Bertz CT molecular complexity index is 793. The molecule has 0 amide bonds. The van der Waals surface area contributed by atoms with Crippen molar-refractivity contribution >= 4 is 6.29 Å². The summed E-state index contributed by atoms with van der Waals surface area (Å²) in [7, 11) is 0. The van der Waals surface area contributed by atoms with E-state index in [0.717, 1.165) is 23.0 Å². The van der Waals surface area contributed by atoms with E-state index in [0.29, 0.717) is 5.69 Å². The van der Waals surface area contributed by atoms with Crippen molar-refractivity contribution in [3.8, 4) is 11.1 Å². The number of hydrogen-bond acceptors (Lipinski definition) is 2. The van der Waals surface area contributed by atoms with Crippen molar-refractivity contribution in [2.24, 2.45) is 0 Å². The van der Waals surface area contributed by atoms with E-state index >= 15 is 0 Å². The van der Waals surface area contributed by atoms with Gasteiger partial charge in [0, 0.05) is 0 Å². The third-order valence-electron chi connectivity index (χ3n) is 3.80. The Morgan fingerprint density at radius 1 is 1.14 bits per heavy atom. The predicted molar refractivity (Wildman–Crippen MR) is 83.3 cm³/mol. The fourth-order valence-corrected chi connectivity index (χ4v) is 2.63. The molecule has 0 aliphatic carbocycles. The van der Waals surface area contributed by atoms with Gasteiger partial charge in [-0.1, -0.05) is 36.4 Å². The minimum absolute atomic E-state index is 0.0519. The number of halogens is 1. The van der Waals surface area contributed by atoms with Gasteiger partial charge in [-0.05, 0) is 35.7 Å². The predicted octanol–water partition coefficient (Wildman–Crippen LogP) is 4.11. The quantitative estimate of drug-likeness (QED) is 0.679. The molecule has 3 aromatic rings. The standard InChI is InChI=1S/C18H15FN2O/c1-13(21-12-20-10-16(21)11-22)17-4-2-3-5-18(17)14-6-8-15(19)9-7-14/h2-13H,1H3. The van der Waals surface area contributed by atoms with Crippen molar-refractivity contribution in [1.82, 2.24) is 9.55 Å². The van der Waals surface area contributed by atoms with Crippen LogP contribution in [0, 0.1) is 5.82 Å². The van der Waals surface area contributed by atoms with Gasteiger partial charge in [-0.3, -0.25) is 4.79 Å². The number of imidazole rings is 1. The highest BCUT2D eigenvalue weighted by Gasteiger charge is 2.15. The average Bonchev–Trinajstić information content (AvgIpc) is 3.03. The van der Waals surface area contributed by atoms with Gasteiger partial charge in [0.25, 0.3) is 0 Å². The smallest absolute Gasteiger partial charge is 0.168 e. The molecule has 3 rings (SSSR count). The van der Waals surface area contributed by atoms with Crippen molar-refractivity contribution in [2.45, 2.75) is 13.0 Å². The maximum Gasteiger partial charge on any atom is 0.168 e. The molecule has 2 aromatic carbocycles. The maximum absolute atomic E-state index is 13.1. The molecule has 0 fully saturated rings. The van der Waals surface area contributed by atoms with Crippen LogP contribution >= 0.6 is 0 Å². The fraction of sp³-hybridized carbons (Fsp3) is 0.111. The zero-order valence-electron chi connectivity index (χ0n) is 12.1. The lowest BCUT2D eigenvalue weighted by atomic mass is 9.95. The Labute approximate surface area is 128 Å². The summed E-state index contributed by atoms with van der Waals surface area (Å²) in [5.41, 5.74) is 3.54. The Morgan fingerprint density at radius 2 is 1.86 bits per heavy atom. The highest BCUT2D eigenvalue weighted by atomic mass is 19.1. The van der Waals surface area contributed by atoms with Gasteiger partial charge in [0.15, 0.2) is 6.29 Å². The second-order valence-corrected chi connectivity index (χ2v) is 5.11. The van der Waals surface area contributed by atoms with Crippen LogP contribution in [0.25, 0.3) is 11.1 Å². The summed E-state index contributed by atoms with van der Waals surface area (Å²) in [6.45, 7) is 2.01. The lowest BCUT2D eigenvalue weighted by Gasteiger charge is -2.19. The van der Waals surface area contributed by atoms with Crippen molar-refractivity contribution in [3.05, 3.63) is 78.1 Å². The molecule has 4 heteroatoms. The fourth-order valence-electron chi connectivity index (χ4n) is 2.63. The number of hydrogen-bond donors (Lipinski definition) is 0. The van der Waals surface area contributed by atoms with E-state index in [-0.39, 0.29) is 11.9 Å². The first-order chi connectivity index (χ1) is 10.7. The highest BCUT2D eigenvalue weighted by Crippen LogP contribution is 2.30. The second-order valence-electron chi connectivity index (χ2n) is 5.11. The van der Waals surface area contributed by atoms with Gasteiger partial charge in [-0.15, -0.1) is 0 Å². The van der Waals surface area contributed by atoms with E-state index in [1.54, 1.807) is 24.7 Å². The highest BCUT2D eigenvalue weighted by molar-refractivity contribution is 5.72. The molecule has 110 valence electrons. The van der Waals surface area contributed by atoms with Crippen LogP contribution in [0.3, 0.4) is 0 Å². The van der Waals surface area contributed by atoms with Gasteiger partial charge in [0.05, 0.1) is 18.6 Å². The number of carbonyl (C=O) groups excluding carboxylic acids is 1. The average molecular weight is 294 g/mol. The first-order valence-electron chi connectivity index (χ1n) is 7.02. The van der Waals surface area contributed by atoms with E-state index in [1.807, 2.05) is 35.8 Å². The lowest BCUT2D eigenvalue weighted by molar-refractivity contribution is 0.111. The van der Waals surface area contributed by atoms with Crippen molar-refractivity contribution in [1.29, 1.82) is 0 Å². The molecule has 1 heterocycles. The number of carbonyl (C=O) groups is 1. The van der Waals surface area contributed by atoms with E-state index in [2.05, 4.69) is 4.98 Å². The first-order valence-corrected chi connectivity index (χ1v) is 7.02. The molecular weight excluding hydrogens is 279 g/mol. The molecule has 0 spiro atoms. The lowest BCUT2D eigenvalue weighted by Crippen LogP contribution is -2.10. The van der Waals surface area contributed by atoms with Crippen LogP contribution in [-0.2, 0) is 0 Å². The molecule has 1 aromatic heterocycles. The van der Waals surface area contributed by atoms with Crippen LogP contribution < -0.4 is 0 Å². The molecule has 0 bridgehead atoms. The molecule has 1 atom stereocenters. The Hall–Kier alpha value is -2.75. The van der Waals surface area contributed by atoms with Gasteiger partial charge in [-0.25, -0.2) is 9.37 Å². The molecule has 1 unspecified atom stereocenters. The van der Waals surface area contributed by atoms with Crippen LogP contribution in [0.5, 0.6) is 0 Å². The van der Waals surface area contributed by atoms with E-state index in [9.17, 15) is 9.18 Å². The summed E-state index contributed by atoms with van der Waals surface area (Å²) >= 11 is 0. The molecule has 0 aliphatic heterocycles. The number of aldehydes is 1. The molecular formula is C18H15FN2O. The molecule has 0 N–H and O–H groups in total. The molecule has 0 aliphatic rings. The Balaban J connectivity index is 2.08. The minimum atomic E-state index is -0.257. The molecule has 22 heavy (non-hydrogen) atoms.